The number of hydrazone groups is 1. The summed E-state index contributed by atoms with van der Waals surface area (Å²) < 4.78 is 19.9. The Morgan fingerprint density at radius 2 is 2.12 bits per heavy atom. The van der Waals surface area contributed by atoms with Gasteiger partial charge in [0, 0.05) is 18.7 Å². The van der Waals surface area contributed by atoms with Crippen LogP contribution in [-0.4, -0.2) is 32.2 Å². The molecule has 0 aliphatic heterocycles. The molecule has 2 N–H and O–H groups in total. The molecule has 2 heterocycles. The van der Waals surface area contributed by atoms with Gasteiger partial charge in [-0.1, -0.05) is 5.16 Å². The van der Waals surface area contributed by atoms with Gasteiger partial charge in [-0.25, -0.2) is 10.1 Å². The summed E-state index contributed by atoms with van der Waals surface area (Å²) in [6.07, 6.45) is 1.18. The summed E-state index contributed by atoms with van der Waals surface area (Å²) in [5.41, 5.74) is 3.56. The fourth-order valence-corrected chi connectivity index (χ4v) is 2.15. The smallest absolute Gasteiger partial charge is 0.293 e. The number of nitrogens with zero attached hydrogens (tertiary/aromatic N) is 4. The minimum Gasteiger partial charge on any atom is -0.508 e. The van der Waals surface area contributed by atoms with Gasteiger partial charge >= 0.3 is 0 Å². The van der Waals surface area contributed by atoms with Crippen LogP contribution in [0.4, 0.5) is 4.39 Å². The summed E-state index contributed by atoms with van der Waals surface area (Å²) in [5.74, 6) is -0.671. The van der Waals surface area contributed by atoms with Gasteiger partial charge in [0.1, 0.15) is 5.75 Å². The highest BCUT2D eigenvalue weighted by atomic mass is 19.1. The Balaban J connectivity index is 1.70. The molecule has 0 saturated carbocycles. The minimum absolute atomic E-state index is 0.0172. The van der Waals surface area contributed by atoms with Crippen molar-refractivity contribution in [3.05, 3.63) is 53.2 Å². The molecule has 0 aliphatic rings. The van der Waals surface area contributed by atoms with Crippen LogP contribution in [0.25, 0.3) is 11.3 Å². The zero-order valence-electron chi connectivity index (χ0n) is 13.4. The molecule has 0 aliphatic carbocycles. The van der Waals surface area contributed by atoms with Crippen LogP contribution in [0.3, 0.4) is 0 Å². The summed E-state index contributed by atoms with van der Waals surface area (Å²) in [6.45, 7) is 1.63. The highest BCUT2D eigenvalue weighted by Crippen LogP contribution is 2.22. The van der Waals surface area contributed by atoms with E-state index in [1.165, 1.54) is 31.5 Å². The highest BCUT2D eigenvalue weighted by molar-refractivity contribution is 5.94. The van der Waals surface area contributed by atoms with Crippen LogP contribution < -0.4 is 5.43 Å². The first-order valence-electron chi connectivity index (χ1n) is 7.24. The number of carbonyl (C=O) groups is 1. The van der Waals surface area contributed by atoms with Crippen LogP contribution in [0.2, 0.25) is 0 Å². The molecule has 0 unspecified atom stereocenters. The van der Waals surface area contributed by atoms with Gasteiger partial charge in [-0.05, 0) is 31.2 Å². The number of benzene rings is 1. The lowest BCUT2D eigenvalue weighted by atomic mass is 10.1. The Bertz CT molecular complexity index is 943. The molecule has 0 saturated heterocycles. The highest BCUT2D eigenvalue weighted by Gasteiger charge is 2.14. The normalized spacial score (nSPS) is 11.2. The van der Waals surface area contributed by atoms with Crippen LogP contribution in [0.1, 0.15) is 21.7 Å². The van der Waals surface area contributed by atoms with Gasteiger partial charge in [0.25, 0.3) is 5.91 Å². The van der Waals surface area contributed by atoms with E-state index in [9.17, 15) is 14.3 Å². The van der Waals surface area contributed by atoms with E-state index in [0.717, 1.165) is 4.68 Å². The number of phenols is 1. The van der Waals surface area contributed by atoms with Gasteiger partial charge in [0.05, 0.1) is 17.5 Å². The first kappa shape index (κ1) is 16.4. The SMILES string of the molecule is Cc1nn(C)c(F)c1/C=N/NC(=O)c1cc(-c2ccc(O)cc2)on1. The molecule has 8 nitrogen and oxygen atoms in total. The largest absolute Gasteiger partial charge is 0.508 e. The van der Waals surface area contributed by atoms with Crippen molar-refractivity contribution in [2.24, 2.45) is 12.1 Å². The Morgan fingerprint density at radius 3 is 2.76 bits per heavy atom. The second-order valence-electron chi connectivity index (χ2n) is 5.24. The van der Waals surface area contributed by atoms with E-state index in [4.69, 9.17) is 4.52 Å². The van der Waals surface area contributed by atoms with E-state index >= 15 is 0 Å². The van der Waals surface area contributed by atoms with Crippen molar-refractivity contribution < 1.29 is 18.8 Å². The van der Waals surface area contributed by atoms with Crippen LogP contribution in [0.15, 0.2) is 40.0 Å². The van der Waals surface area contributed by atoms with Crippen LogP contribution in [0, 0.1) is 12.9 Å². The van der Waals surface area contributed by atoms with Crippen molar-refractivity contribution in [1.29, 1.82) is 0 Å². The van der Waals surface area contributed by atoms with Gasteiger partial charge in [-0.2, -0.15) is 14.6 Å². The third kappa shape index (κ3) is 3.39. The van der Waals surface area contributed by atoms with E-state index in [-0.39, 0.29) is 17.0 Å². The summed E-state index contributed by atoms with van der Waals surface area (Å²) >= 11 is 0. The number of amides is 1. The number of rotatable bonds is 4. The molecule has 1 aromatic carbocycles. The van der Waals surface area contributed by atoms with Gasteiger partial charge in [0.2, 0.25) is 5.95 Å². The Morgan fingerprint density at radius 1 is 1.40 bits per heavy atom. The maximum absolute atomic E-state index is 13.7. The lowest BCUT2D eigenvalue weighted by Crippen LogP contribution is -2.18. The van der Waals surface area contributed by atoms with Crippen molar-refractivity contribution in [3.63, 3.8) is 0 Å². The third-order valence-corrected chi connectivity index (χ3v) is 3.45. The average molecular weight is 343 g/mol. The number of aryl methyl sites for hydroxylation is 2. The second-order valence-corrected chi connectivity index (χ2v) is 5.24. The van der Waals surface area contributed by atoms with Crippen molar-refractivity contribution in [3.8, 4) is 17.1 Å². The summed E-state index contributed by atoms with van der Waals surface area (Å²) in [7, 11) is 1.47. The molecule has 9 heteroatoms. The average Bonchev–Trinajstić information content (AvgIpc) is 3.16. The lowest BCUT2D eigenvalue weighted by molar-refractivity contribution is 0.0946. The first-order chi connectivity index (χ1) is 12.0. The van der Waals surface area contributed by atoms with Gasteiger partial charge < -0.3 is 9.63 Å². The molecule has 0 atom stereocenters. The lowest BCUT2D eigenvalue weighted by Gasteiger charge is -1.95. The molecule has 0 radical (unpaired) electrons. The Hall–Kier alpha value is -3.49. The van der Waals surface area contributed by atoms with E-state index in [0.29, 0.717) is 17.0 Å². The minimum atomic E-state index is -0.605. The summed E-state index contributed by atoms with van der Waals surface area (Å²) in [5, 5.41) is 20.6. The maximum Gasteiger partial charge on any atom is 0.293 e. The molecule has 2 aromatic heterocycles. The van der Waals surface area contributed by atoms with Crippen molar-refractivity contribution in [2.75, 3.05) is 0 Å². The molecule has 0 fully saturated rings. The number of nitrogens with one attached hydrogen (secondary N) is 1. The summed E-state index contributed by atoms with van der Waals surface area (Å²) in [6, 6.07) is 7.68. The van der Waals surface area contributed by atoms with E-state index < -0.39 is 11.9 Å². The topological polar surface area (TPSA) is 106 Å². The molecular formula is C16H14FN5O3. The molecule has 0 bridgehead atoms. The van der Waals surface area contributed by atoms with E-state index in [1.54, 1.807) is 19.1 Å². The van der Waals surface area contributed by atoms with Crippen LogP contribution in [0.5, 0.6) is 5.75 Å². The number of hydrogen-bond donors (Lipinski definition) is 2. The quantitative estimate of drug-likeness (QED) is 0.557. The van der Waals surface area contributed by atoms with Crippen LogP contribution >= 0.6 is 0 Å². The number of aromatic nitrogens is 3. The molecule has 0 spiro atoms. The van der Waals surface area contributed by atoms with Crippen molar-refractivity contribution in [2.45, 2.75) is 6.92 Å². The third-order valence-electron chi connectivity index (χ3n) is 3.45. The van der Waals surface area contributed by atoms with Gasteiger partial charge in [-0.15, -0.1) is 0 Å². The number of phenolic OH excluding ortho intramolecular Hbond substituents is 1. The molecule has 25 heavy (non-hydrogen) atoms. The number of aromatic hydroxyl groups is 1. The maximum atomic E-state index is 13.7. The fraction of sp³-hybridized carbons (Fsp3) is 0.125. The standard InChI is InChI=1S/C16H14FN5O3/c1-9-12(15(17)22(2)20-9)8-18-19-16(24)13-7-14(25-21-13)10-3-5-11(23)6-4-10/h3-8,23H,1-2H3,(H,19,24)/b18-8+. The summed E-state index contributed by atoms with van der Waals surface area (Å²) in [4.78, 5) is 12.0. The fourth-order valence-electron chi connectivity index (χ4n) is 2.15. The predicted molar refractivity (Wildman–Crippen MR) is 86.6 cm³/mol. The van der Waals surface area contributed by atoms with Crippen molar-refractivity contribution in [1.82, 2.24) is 20.4 Å². The monoisotopic (exact) mass is 343 g/mol. The van der Waals surface area contributed by atoms with E-state index in [2.05, 4.69) is 20.8 Å². The molecule has 128 valence electrons. The molecule has 3 rings (SSSR count). The van der Waals surface area contributed by atoms with Gasteiger partial charge in [0.15, 0.2) is 11.5 Å². The predicted octanol–water partition coefficient (Wildman–Crippen LogP) is 1.99. The number of hydrogen-bond acceptors (Lipinski definition) is 6. The second kappa shape index (κ2) is 6.56. The van der Waals surface area contributed by atoms with E-state index in [1.807, 2.05) is 0 Å². The Labute approximate surface area is 141 Å². The van der Waals surface area contributed by atoms with Crippen LogP contribution in [-0.2, 0) is 7.05 Å². The first-order valence-corrected chi connectivity index (χ1v) is 7.24. The molecular weight excluding hydrogens is 329 g/mol. The van der Waals surface area contributed by atoms with Crippen molar-refractivity contribution >= 4 is 12.1 Å². The van der Waals surface area contributed by atoms with Gasteiger partial charge in [-0.3, -0.25) is 4.79 Å². The number of carbonyl (C=O) groups excluding carboxylic acids is 1. The molecule has 1 amide bonds. The number of halogens is 1. The zero-order valence-corrected chi connectivity index (χ0v) is 13.4. The Kier molecular flexibility index (Phi) is 4.29. The molecule has 3 aromatic rings. The zero-order chi connectivity index (χ0) is 18.0.